The van der Waals surface area contributed by atoms with Gasteiger partial charge in [-0.05, 0) is 27.7 Å². The van der Waals surface area contributed by atoms with Gasteiger partial charge in [-0.25, -0.2) is 0 Å². The molecule has 1 rings (SSSR count). The summed E-state index contributed by atoms with van der Waals surface area (Å²) in [6.07, 6.45) is 4.31. The van der Waals surface area contributed by atoms with E-state index < -0.39 is 0 Å². The highest BCUT2D eigenvalue weighted by Gasteiger charge is 2.06. The summed E-state index contributed by atoms with van der Waals surface area (Å²) in [5, 5.41) is 7.67. The number of hydrogen-bond donors (Lipinski definition) is 1. The largest absolute Gasteiger partial charge is 0.377 e. The van der Waals surface area contributed by atoms with Crippen molar-refractivity contribution in [1.82, 2.24) is 15.1 Å². The summed E-state index contributed by atoms with van der Waals surface area (Å²) in [7, 11) is 0. The Morgan fingerprint density at radius 2 is 2.19 bits per heavy atom. The van der Waals surface area contributed by atoms with E-state index in [1.807, 2.05) is 10.9 Å². The molecule has 4 nitrogen and oxygen atoms in total. The van der Waals surface area contributed by atoms with Gasteiger partial charge in [0, 0.05) is 30.9 Å². The van der Waals surface area contributed by atoms with E-state index in [0.29, 0.717) is 12.1 Å². The lowest BCUT2D eigenvalue weighted by Gasteiger charge is -2.13. The molecule has 0 saturated heterocycles. The molecule has 92 valence electrons. The molecule has 0 aliphatic carbocycles. The van der Waals surface area contributed by atoms with E-state index in [4.69, 9.17) is 4.74 Å². The smallest absolute Gasteiger partial charge is 0.0594 e. The fourth-order valence-corrected chi connectivity index (χ4v) is 1.46. The Kier molecular flexibility index (Phi) is 5.49. The molecule has 1 N–H and O–H groups in total. The van der Waals surface area contributed by atoms with Crippen molar-refractivity contribution in [2.75, 3.05) is 13.2 Å². The van der Waals surface area contributed by atoms with E-state index in [9.17, 15) is 0 Å². The van der Waals surface area contributed by atoms with Gasteiger partial charge in [0.05, 0.1) is 18.9 Å². The SMILES string of the molecule is CCn1cc(C(C)NCCOC(C)C)cn1. The van der Waals surface area contributed by atoms with Gasteiger partial charge in [-0.1, -0.05) is 0 Å². The van der Waals surface area contributed by atoms with Gasteiger partial charge >= 0.3 is 0 Å². The number of aromatic nitrogens is 2. The standard InChI is InChI=1S/C12H23N3O/c1-5-15-9-12(8-14-15)11(4)13-6-7-16-10(2)3/h8-11,13H,5-7H2,1-4H3. The Balaban J connectivity index is 2.26. The molecule has 1 aromatic heterocycles. The first-order valence-electron chi connectivity index (χ1n) is 6.00. The molecule has 1 atom stereocenters. The van der Waals surface area contributed by atoms with Crippen LogP contribution < -0.4 is 5.32 Å². The van der Waals surface area contributed by atoms with Crippen LogP contribution >= 0.6 is 0 Å². The van der Waals surface area contributed by atoms with Crippen molar-refractivity contribution in [3.8, 4) is 0 Å². The predicted octanol–water partition coefficient (Wildman–Crippen LogP) is 1.98. The van der Waals surface area contributed by atoms with Gasteiger partial charge in [-0.15, -0.1) is 0 Å². The van der Waals surface area contributed by atoms with Crippen LogP contribution in [0, 0.1) is 0 Å². The number of ether oxygens (including phenoxy) is 1. The molecule has 0 saturated carbocycles. The topological polar surface area (TPSA) is 39.1 Å². The van der Waals surface area contributed by atoms with E-state index in [0.717, 1.165) is 19.7 Å². The summed E-state index contributed by atoms with van der Waals surface area (Å²) < 4.78 is 7.41. The van der Waals surface area contributed by atoms with Crippen molar-refractivity contribution in [2.24, 2.45) is 0 Å². The molecule has 0 spiro atoms. The summed E-state index contributed by atoms with van der Waals surface area (Å²) in [6.45, 7) is 10.9. The number of hydrogen-bond acceptors (Lipinski definition) is 3. The first-order valence-corrected chi connectivity index (χ1v) is 6.00. The number of nitrogens with zero attached hydrogens (tertiary/aromatic N) is 2. The molecular weight excluding hydrogens is 202 g/mol. The molecule has 0 aliphatic rings. The fraction of sp³-hybridized carbons (Fsp3) is 0.750. The molecular formula is C12H23N3O. The van der Waals surface area contributed by atoms with Gasteiger partial charge in [-0.2, -0.15) is 5.10 Å². The van der Waals surface area contributed by atoms with E-state index in [-0.39, 0.29) is 0 Å². The fourth-order valence-electron chi connectivity index (χ4n) is 1.46. The van der Waals surface area contributed by atoms with Crippen LogP contribution in [0.3, 0.4) is 0 Å². The lowest BCUT2D eigenvalue weighted by atomic mass is 10.2. The molecule has 1 aromatic rings. The first-order chi connectivity index (χ1) is 7.63. The van der Waals surface area contributed by atoms with Crippen LogP contribution in [0.1, 0.15) is 39.3 Å². The highest BCUT2D eigenvalue weighted by Crippen LogP contribution is 2.10. The Morgan fingerprint density at radius 3 is 2.75 bits per heavy atom. The van der Waals surface area contributed by atoms with Crippen molar-refractivity contribution in [3.05, 3.63) is 18.0 Å². The van der Waals surface area contributed by atoms with Crippen molar-refractivity contribution in [2.45, 2.75) is 46.4 Å². The van der Waals surface area contributed by atoms with Crippen molar-refractivity contribution in [3.63, 3.8) is 0 Å². The third-order valence-electron chi connectivity index (χ3n) is 2.48. The van der Waals surface area contributed by atoms with Crippen LogP contribution in [-0.2, 0) is 11.3 Å². The monoisotopic (exact) mass is 225 g/mol. The van der Waals surface area contributed by atoms with E-state index >= 15 is 0 Å². The highest BCUT2D eigenvalue weighted by molar-refractivity contribution is 5.08. The molecule has 1 heterocycles. The normalized spacial score (nSPS) is 13.3. The lowest BCUT2D eigenvalue weighted by Crippen LogP contribution is -2.24. The zero-order valence-electron chi connectivity index (χ0n) is 10.7. The minimum atomic E-state index is 0.306. The maximum Gasteiger partial charge on any atom is 0.0594 e. The third kappa shape index (κ3) is 4.33. The summed E-state index contributed by atoms with van der Waals surface area (Å²) in [5.41, 5.74) is 1.23. The maximum absolute atomic E-state index is 5.47. The second-order valence-electron chi connectivity index (χ2n) is 4.22. The Labute approximate surface area is 98.0 Å². The van der Waals surface area contributed by atoms with Gasteiger partial charge in [0.25, 0.3) is 0 Å². The first kappa shape index (κ1) is 13.2. The second-order valence-corrected chi connectivity index (χ2v) is 4.22. The lowest BCUT2D eigenvalue weighted by molar-refractivity contribution is 0.0796. The van der Waals surface area contributed by atoms with Gasteiger partial charge in [0.15, 0.2) is 0 Å². The van der Waals surface area contributed by atoms with E-state index in [1.165, 1.54) is 5.56 Å². The quantitative estimate of drug-likeness (QED) is 0.721. The zero-order chi connectivity index (χ0) is 12.0. The minimum Gasteiger partial charge on any atom is -0.377 e. The third-order valence-corrected chi connectivity index (χ3v) is 2.48. The van der Waals surface area contributed by atoms with Gasteiger partial charge in [0.2, 0.25) is 0 Å². The average molecular weight is 225 g/mol. The summed E-state index contributed by atoms with van der Waals surface area (Å²) in [4.78, 5) is 0. The molecule has 0 fully saturated rings. The molecule has 0 aromatic carbocycles. The summed E-state index contributed by atoms with van der Waals surface area (Å²) in [6, 6.07) is 0.330. The molecule has 0 amide bonds. The molecule has 0 radical (unpaired) electrons. The summed E-state index contributed by atoms with van der Waals surface area (Å²) >= 11 is 0. The summed E-state index contributed by atoms with van der Waals surface area (Å²) in [5.74, 6) is 0. The molecule has 0 bridgehead atoms. The molecule has 0 aliphatic heterocycles. The molecule has 16 heavy (non-hydrogen) atoms. The van der Waals surface area contributed by atoms with E-state index in [2.05, 4.69) is 44.3 Å². The van der Waals surface area contributed by atoms with Crippen LogP contribution in [0.4, 0.5) is 0 Å². The van der Waals surface area contributed by atoms with Crippen LogP contribution in [0.5, 0.6) is 0 Å². The van der Waals surface area contributed by atoms with Gasteiger partial charge < -0.3 is 10.1 Å². The zero-order valence-corrected chi connectivity index (χ0v) is 10.7. The number of rotatable bonds is 7. The average Bonchev–Trinajstić information content (AvgIpc) is 2.72. The van der Waals surface area contributed by atoms with Crippen LogP contribution in [0.2, 0.25) is 0 Å². The molecule has 1 unspecified atom stereocenters. The Morgan fingerprint density at radius 1 is 1.44 bits per heavy atom. The van der Waals surface area contributed by atoms with Crippen LogP contribution in [0.25, 0.3) is 0 Å². The maximum atomic E-state index is 5.47. The van der Waals surface area contributed by atoms with Crippen molar-refractivity contribution in [1.29, 1.82) is 0 Å². The number of aryl methyl sites for hydroxylation is 1. The van der Waals surface area contributed by atoms with Gasteiger partial charge in [0.1, 0.15) is 0 Å². The highest BCUT2D eigenvalue weighted by atomic mass is 16.5. The van der Waals surface area contributed by atoms with Gasteiger partial charge in [-0.3, -0.25) is 4.68 Å². The second kappa shape index (κ2) is 6.66. The predicted molar refractivity (Wildman–Crippen MR) is 65.4 cm³/mol. The number of nitrogens with one attached hydrogen (secondary N) is 1. The minimum absolute atomic E-state index is 0.306. The Hall–Kier alpha value is -0.870. The van der Waals surface area contributed by atoms with Crippen LogP contribution in [0.15, 0.2) is 12.4 Å². The molecule has 4 heteroatoms. The van der Waals surface area contributed by atoms with E-state index in [1.54, 1.807) is 0 Å². The Bertz CT molecular complexity index is 296. The van der Waals surface area contributed by atoms with Crippen molar-refractivity contribution >= 4 is 0 Å². The van der Waals surface area contributed by atoms with Crippen molar-refractivity contribution < 1.29 is 4.74 Å². The van der Waals surface area contributed by atoms with Crippen LogP contribution in [-0.4, -0.2) is 29.0 Å².